The van der Waals surface area contributed by atoms with Crippen molar-refractivity contribution in [2.45, 2.75) is 38.5 Å². The second-order valence-electron chi connectivity index (χ2n) is 5.34. The van der Waals surface area contributed by atoms with Crippen molar-refractivity contribution in [3.63, 3.8) is 0 Å². The lowest BCUT2D eigenvalue weighted by Gasteiger charge is -2.21. The van der Waals surface area contributed by atoms with Gasteiger partial charge in [0.05, 0.1) is 0 Å². The van der Waals surface area contributed by atoms with E-state index in [9.17, 15) is 0 Å². The van der Waals surface area contributed by atoms with E-state index in [0.29, 0.717) is 0 Å². The fourth-order valence-electron chi connectivity index (χ4n) is 3.41. The third kappa shape index (κ3) is 3.39. The van der Waals surface area contributed by atoms with Gasteiger partial charge < -0.3 is 5.32 Å². The second-order valence-corrected chi connectivity index (χ2v) is 6.32. The zero-order valence-electron chi connectivity index (χ0n) is 10.0. The van der Waals surface area contributed by atoms with Gasteiger partial charge in [0.25, 0.3) is 0 Å². The minimum Gasteiger partial charge on any atom is -0.316 e. The quantitative estimate of drug-likeness (QED) is 0.671. The fourth-order valence-corrected chi connectivity index (χ4v) is 3.90. The lowest BCUT2D eigenvalue weighted by molar-refractivity contribution is 0.319. The fraction of sp³-hybridized carbons (Fsp3) is 1.00. The average molecular weight is 227 g/mol. The van der Waals surface area contributed by atoms with E-state index in [-0.39, 0.29) is 0 Å². The molecule has 0 aromatic heterocycles. The Morgan fingerprint density at radius 3 is 2.80 bits per heavy atom. The van der Waals surface area contributed by atoms with E-state index >= 15 is 0 Å². The number of hydrogen-bond donors (Lipinski definition) is 1. The van der Waals surface area contributed by atoms with Crippen LogP contribution < -0.4 is 5.32 Å². The first-order valence-corrected chi connectivity index (χ1v) is 7.99. The van der Waals surface area contributed by atoms with Crippen LogP contribution >= 0.6 is 11.8 Å². The molecule has 0 radical (unpaired) electrons. The van der Waals surface area contributed by atoms with Crippen molar-refractivity contribution < 1.29 is 0 Å². The normalized spacial score (nSPS) is 33.8. The first kappa shape index (κ1) is 11.8. The molecule has 1 N–H and O–H groups in total. The van der Waals surface area contributed by atoms with Crippen molar-refractivity contribution >= 4 is 11.8 Å². The molecule has 0 aromatic carbocycles. The molecule has 2 rings (SSSR count). The van der Waals surface area contributed by atoms with Gasteiger partial charge >= 0.3 is 0 Å². The van der Waals surface area contributed by atoms with E-state index in [2.05, 4.69) is 11.6 Å². The van der Waals surface area contributed by atoms with E-state index in [1.54, 1.807) is 6.42 Å². The maximum absolute atomic E-state index is 3.66. The van der Waals surface area contributed by atoms with Crippen molar-refractivity contribution in [3.05, 3.63) is 0 Å². The van der Waals surface area contributed by atoms with E-state index in [1.165, 1.54) is 50.9 Å². The highest BCUT2D eigenvalue weighted by molar-refractivity contribution is 7.98. The van der Waals surface area contributed by atoms with Gasteiger partial charge in [-0.3, -0.25) is 0 Å². The number of nitrogens with one attached hydrogen (secondary N) is 1. The highest BCUT2D eigenvalue weighted by atomic mass is 32.2. The van der Waals surface area contributed by atoms with Crippen LogP contribution in [0.3, 0.4) is 0 Å². The number of rotatable bonds is 7. The van der Waals surface area contributed by atoms with E-state index in [0.717, 1.165) is 17.8 Å². The third-order valence-corrected chi connectivity index (χ3v) is 4.94. The number of fused-ring (bicyclic) bond motifs is 2. The summed E-state index contributed by atoms with van der Waals surface area (Å²) in [6.45, 7) is 2.55. The summed E-state index contributed by atoms with van der Waals surface area (Å²) in [7, 11) is 0. The molecule has 0 amide bonds. The van der Waals surface area contributed by atoms with Crippen molar-refractivity contribution in [1.82, 2.24) is 5.32 Å². The van der Waals surface area contributed by atoms with Crippen molar-refractivity contribution in [3.8, 4) is 0 Å². The monoisotopic (exact) mass is 227 g/mol. The molecule has 2 bridgehead atoms. The molecule has 88 valence electrons. The van der Waals surface area contributed by atoms with E-state index in [1.807, 2.05) is 11.8 Å². The second kappa shape index (κ2) is 6.15. The molecule has 0 aliphatic heterocycles. The number of thioether (sulfide) groups is 1. The number of hydrogen-bond acceptors (Lipinski definition) is 2. The molecule has 2 fully saturated rings. The molecule has 0 spiro atoms. The van der Waals surface area contributed by atoms with Gasteiger partial charge in [0.15, 0.2) is 0 Å². The summed E-state index contributed by atoms with van der Waals surface area (Å²) in [6, 6.07) is 0. The Labute approximate surface area is 98.8 Å². The Morgan fingerprint density at radius 2 is 2.13 bits per heavy atom. The SMILES string of the molecule is CSCCCCNCC1CC2CCC1C2. The minimum absolute atomic E-state index is 1.03. The van der Waals surface area contributed by atoms with Crippen molar-refractivity contribution in [2.75, 3.05) is 25.1 Å². The first-order valence-electron chi connectivity index (χ1n) is 6.60. The minimum atomic E-state index is 1.03. The van der Waals surface area contributed by atoms with Gasteiger partial charge in [-0.05, 0) is 75.0 Å². The van der Waals surface area contributed by atoms with Crippen LogP contribution in [0.15, 0.2) is 0 Å². The Hall–Kier alpha value is 0.310. The van der Waals surface area contributed by atoms with Crippen molar-refractivity contribution in [2.24, 2.45) is 17.8 Å². The maximum Gasteiger partial charge on any atom is -0.00178 e. The van der Waals surface area contributed by atoms with Gasteiger partial charge in [0.1, 0.15) is 0 Å². The van der Waals surface area contributed by atoms with Gasteiger partial charge in [-0.25, -0.2) is 0 Å². The summed E-state index contributed by atoms with van der Waals surface area (Å²) in [6.07, 6.45) is 11.1. The Bertz CT molecular complexity index is 183. The van der Waals surface area contributed by atoms with Crippen molar-refractivity contribution in [1.29, 1.82) is 0 Å². The average Bonchev–Trinajstić information content (AvgIpc) is 2.85. The van der Waals surface area contributed by atoms with E-state index < -0.39 is 0 Å². The van der Waals surface area contributed by atoms with Crippen LogP contribution in [-0.4, -0.2) is 25.1 Å². The Morgan fingerprint density at radius 1 is 1.20 bits per heavy atom. The van der Waals surface area contributed by atoms with Gasteiger partial charge in [0, 0.05) is 0 Å². The molecular weight excluding hydrogens is 202 g/mol. The molecule has 0 aromatic rings. The van der Waals surface area contributed by atoms with Crippen LogP contribution in [-0.2, 0) is 0 Å². The third-order valence-electron chi connectivity index (χ3n) is 4.24. The summed E-state index contributed by atoms with van der Waals surface area (Å²) in [5.74, 6) is 4.56. The smallest absolute Gasteiger partial charge is 0.00178 e. The molecule has 0 heterocycles. The van der Waals surface area contributed by atoms with Crippen LogP contribution in [0.4, 0.5) is 0 Å². The predicted octanol–water partition coefficient (Wildman–Crippen LogP) is 3.16. The summed E-state index contributed by atoms with van der Waals surface area (Å²) in [4.78, 5) is 0. The van der Waals surface area contributed by atoms with E-state index in [4.69, 9.17) is 0 Å². The molecule has 3 atom stereocenters. The molecule has 2 heteroatoms. The lowest BCUT2D eigenvalue weighted by Crippen LogP contribution is -2.27. The molecule has 2 aliphatic carbocycles. The summed E-state index contributed by atoms with van der Waals surface area (Å²) >= 11 is 1.97. The lowest BCUT2D eigenvalue weighted by atomic mass is 9.89. The highest BCUT2D eigenvalue weighted by Crippen LogP contribution is 2.47. The zero-order chi connectivity index (χ0) is 10.5. The molecule has 2 saturated carbocycles. The predicted molar refractivity (Wildman–Crippen MR) is 69.4 cm³/mol. The standard InChI is InChI=1S/C13H25NS/c1-15-7-3-2-6-14-10-13-9-11-4-5-12(13)8-11/h11-14H,2-10H2,1H3. The van der Waals surface area contributed by atoms with Gasteiger partial charge in [-0.1, -0.05) is 6.42 Å². The molecular formula is C13H25NS. The van der Waals surface area contributed by atoms with Crippen LogP contribution in [0.5, 0.6) is 0 Å². The van der Waals surface area contributed by atoms with Gasteiger partial charge in [-0.2, -0.15) is 11.8 Å². The number of unbranched alkanes of at least 4 members (excludes halogenated alkanes) is 1. The van der Waals surface area contributed by atoms with Crippen LogP contribution in [0.25, 0.3) is 0 Å². The largest absolute Gasteiger partial charge is 0.316 e. The molecule has 1 nitrogen and oxygen atoms in total. The Balaban J connectivity index is 1.48. The van der Waals surface area contributed by atoms with Crippen LogP contribution in [0, 0.1) is 17.8 Å². The molecule has 3 unspecified atom stereocenters. The summed E-state index contributed by atoms with van der Waals surface area (Å²) in [5, 5.41) is 3.66. The van der Waals surface area contributed by atoms with Gasteiger partial charge in [-0.15, -0.1) is 0 Å². The summed E-state index contributed by atoms with van der Waals surface area (Å²) in [5.41, 5.74) is 0. The van der Waals surface area contributed by atoms with Gasteiger partial charge in [0.2, 0.25) is 0 Å². The topological polar surface area (TPSA) is 12.0 Å². The summed E-state index contributed by atoms with van der Waals surface area (Å²) < 4.78 is 0. The molecule has 0 saturated heterocycles. The molecule has 15 heavy (non-hydrogen) atoms. The van der Waals surface area contributed by atoms with Crippen LogP contribution in [0.2, 0.25) is 0 Å². The Kier molecular flexibility index (Phi) is 4.83. The first-order chi connectivity index (χ1) is 7.40. The zero-order valence-corrected chi connectivity index (χ0v) is 10.8. The maximum atomic E-state index is 3.66. The van der Waals surface area contributed by atoms with Crippen LogP contribution in [0.1, 0.15) is 38.5 Å². The molecule has 2 aliphatic rings. The highest BCUT2D eigenvalue weighted by Gasteiger charge is 2.38.